The molecule has 0 atom stereocenters. The molecule has 10 heavy (non-hydrogen) atoms. The fraction of sp³-hybridized carbons (Fsp3) is 0. The lowest BCUT2D eigenvalue weighted by Crippen LogP contribution is -1.61. The van der Waals surface area contributed by atoms with Gasteiger partial charge in [0.05, 0.1) is 0 Å². The van der Waals surface area contributed by atoms with Crippen LogP contribution in [0.5, 0.6) is 11.5 Å². The third-order valence-electron chi connectivity index (χ3n) is 0.830. The summed E-state index contributed by atoms with van der Waals surface area (Å²) in [6.45, 7) is 0. The molecule has 0 amide bonds. The van der Waals surface area contributed by atoms with E-state index in [0.717, 1.165) is 0 Å². The summed E-state index contributed by atoms with van der Waals surface area (Å²) in [7, 11) is 0. The first kappa shape index (κ1) is 12.1. The summed E-state index contributed by atoms with van der Waals surface area (Å²) in [5.74, 6) is 0.176. The van der Waals surface area contributed by atoms with Crippen LogP contribution in [0.4, 0.5) is 0 Å². The summed E-state index contributed by atoms with van der Waals surface area (Å²) in [4.78, 5) is 0. The van der Waals surface area contributed by atoms with Gasteiger partial charge in [0.2, 0.25) is 0 Å². The molecule has 0 heterocycles. The van der Waals surface area contributed by atoms with Crippen LogP contribution in [0.3, 0.4) is 0 Å². The Kier molecular flexibility index (Phi) is 6.31. The highest BCUT2D eigenvalue weighted by atomic mass is 35.5. The van der Waals surface area contributed by atoms with Gasteiger partial charge in [-0.3, -0.25) is 0 Å². The van der Waals surface area contributed by atoms with Gasteiger partial charge in [0.1, 0.15) is 11.5 Å². The number of rotatable bonds is 0. The Bertz CT molecular complexity index is 174. The lowest BCUT2D eigenvalue weighted by molar-refractivity contribution is 0.450. The van der Waals surface area contributed by atoms with Crippen molar-refractivity contribution in [1.29, 1.82) is 0 Å². The summed E-state index contributed by atoms with van der Waals surface area (Å²) in [5, 5.41) is 17.3. The molecule has 0 saturated heterocycles. The van der Waals surface area contributed by atoms with Gasteiger partial charge in [-0.1, -0.05) is 6.07 Å². The summed E-state index contributed by atoms with van der Waals surface area (Å²) in [5.41, 5.74) is 0. The Hall–Kier alpha value is -0.600. The van der Waals surface area contributed by atoms with Crippen LogP contribution >= 0.6 is 24.8 Å². The van der Waals surface area contributed by atoms with E-state index in [1.54, 1.807) is 6.07 Å². The minimum atomic E-state index is 0. The Morgan fingerprint density at radius 2 is 1.30 bits per heavy atom. The molecule has 58 valence electrons. The zero-order chi connectivity index (χ0) is 5.98. The van der Waals surface area contributed by atoms with Crippen molar-refractivity contribution < 1.29 is 10.2 Å². The van der Waals surface area contributed by atoms with E-state index in [1.165, 1.54) is 18.2 Å². The Balaban J connectivity index is 0. The number of hydrogen-bond donors (Lipinski definition) is 2. The minimum absolute atomic E-state index is 0. The minimum Gasteiger partial charge on any atom is -0.508 e. The van der Waals surface area contributed by atoms with Crippen molar-refractivity contribution in [2.45, 2.75) is 0 Å². The van der Waals surface area contributed by atoms with Crippen LogP contribution in [-0.4, -0.2) is 10.2 Å². The highest BCUT2D eigenvalue weighted by Gasteiger charge is 1.85. The highest BCUT2D eigenvalue weighted by molar-refractivity contribution is 5.85. The second kappa shape index (κ2) is 5.21. The van der Waals surface area contributed by atoms with Gasteiger partial charge in [-0.2, -0.15) is 0 Å². The normalized spacial score (nSPS) is 7.20. The van der Waals surface area contributed by atoms with E-state index < -0.39 is 0 Å². The standard InChI is InChI=1S/C6H6O2.2ClH/c7-5-2-1-3-6(8)4-5;;/h1-4,7-8H;2*1H. The van der Waals surface area contributed by atoms with Crippen LogP contribution < -0.4 is 0 Å². The van der Waals surface area contributed by atoms with E-state index in [1.807, 2.05) is 0 Å². The third-order valence-corrected chi connectivity index (χ3v) is 0.830. The SMILES string of the molecule is Cl.Cl.Oc1cccc(O)c1. The zero-order valence-corrected chi connectivity index (χ0v) is 6.65. The van der Waals surface area contributed by atoms with Gasteiger partial charge in [-0.25, -0.2) is 0 Å². The molecule has 0 aromatic heterocycles. The van der Waals surface area contributed by atoms with E-state index in [9.17, 15) is 0 Å². The molecule has 1 rings (SSSR count). The molecule has 1 aromatic rings. The van der Waals surface area contributed by atoms with Gasteiger partial charge >= 0.3 is 0 Å². The maximum absolute atomic E-state index is 8.65. The third kappa shape index (κ3) is 3.43. The molecule has 0 fully saturated rings. The fourth-order valence-corrected chi connectivity index (χ4v) is 0.493. The first-order valence-electron chi connectivity index (χ1n) is 2.27. The summed E-state index contributed by atoms with van der Waals surface area (Å²) < 4.78 is 0. The maximum Gasteiger partial charge on any atom is 0.119 e. The van der Waals surface area contributed by atoms with Crippen LogP contribution in [-0.2, 0) is 0 Å². The van der Waals surface area contributed by atoms with Gasteiger partial charge in [0.25, 0.3) is 0 Å². The lowest BCUT2D eigenvalue weighted by Gasteiger charge is -1.89. The number of benzene rings is 1. The highest BCUT2D eigenvalue weighted by Crippen LogP contribution is 2.14. The molecule has 0 unspecified atom stereocenters. The quantitative estimate of drug-likeness (QED) is 0.645. The van der Waals surface area contributed by atoms with Crippen molar-refractivity contribution in [2.24, 2.45) is 0 Å². The van der Waals surface area contributed by atoms with Crippen LogP contribution in [0.1, 0.15) is 0 Å². The molecule has 1 aromatic carbocycles. The van der Waals surface area contributed by atoms with Crippen molar-refractivity contribution in [3.05, 3.63) is 24.3 Å². The molecule has 4 heteroatoms. The number of phenolic OH excluding ortho intramolecular Hbond substituents is 2. The van der Waals surface area contributed by atoms with E-state index in [2.05, 4.69) is 0 Å². The van der Waals surface area contributed by atoms with E-state index in [0.29, 0.717) is 0 Å². The summed E-state index contributed by atoms with van der Waals surface area (Å²) >= 11 is 0. The van der Waals surface area contributed by atoms with Gasteiger partial charge in [0, 0.05) is 6.07 Å². The molecule has 0 aliphatic heterocycles. The predicted molar refractivity (Wildman–Crippen MR) is 44.3 cm³/mol. The van der Waals surface area contributed by atoms with Crippen LogP contribution in [0.15, 0.2) is 24.3 Å². The van der Waals surface area contributed by atoms with Gasteiger partial charge in [-0.05, 0) is 12.1 Å². The van der Waals surface area contributed by atoms with Crippen molar-refractivity contribution in [2.75, 3.05) is 0 Å². The maximum atomic E-state index is 8.65. The van der Waals surface area contributed by atoms with Crippen LogP contribution in [0.2, 0.25) is 0 Å². The van der Waals surface area contributed by atoms with Gasteiger partial charge < -0.3 is 10.2 Å². The van der Waals surface area contributed by atoms with Crippen molar-refractivity contribution >= 4 is 24.8 Å². The number of phenols is 2. The molecule has 0 radical (unpaired) electrons. The van der Waals surface area contributed by atoms with Crippen LogP contribution in [0.25, 0.3) is 0 Å². The zero-order valence-electron chi connectivity index (χ0n) is 5.02. The molecule has 2 nitrogen and oxygen atoms in total. The average molecular weight is 183 g/mol. The van der Waals surface area contributed by atoms with Crippen molar-refractivity contribution in [3.63, 3.8) is 0 Å². The van der Waals surface area contributed by atoms with Gasteiger partial charge in [0.15, 0.2) is 0 Å². The summed E-state index contributed by atoms with van der Waals surface area (Å²) in [6, 6.07) is 5.85. The first-order valence-corrected chi connectivity index (χ1v) is 2.27. The van der Waals surface area contributed by atoms with E-state index in [4.69, 9.17) is 10.2 Å². The molecule has 2 N–H and O–H groups in total. The Morgan fingerprint density at radius 1 is 0.900 bits per heavy atom. The lowest BCUT2D eigenvalue weighted by atomic mass is 10.3. The largest absolute Gasteiger partial charge is 0.508 e. The molecule has 0 bridgehead atoms. The molecule has 0 spiro atoms. The topological polar surface area (TPSA) is 40.5 Å². The second-order valence-corrected chi connectivity index (χ2v) is 1.52. The number of halogens is 2. The fourth-order valence-electron chi connectivity index (χ4n) is 0.493. The van der Waals surface area contributed by atoms with E-state index in [-0.39, 0.29) is 36.3 Å². The van der Waals surface area contributed by atoms with Crippen molar-refractivity contribution in [1.82, 2.24) is 0 Å². The van der Waals surface area contributed by atoms with Crippen molar-refractivity contribution in [3.8, 4) is 11.5 Å². The van der Waals surface area contributed by atoms with E-state index >= 15 is 0 Å². The molecule has 0 saturated carbocycles. The Labute approximate surface area is 71.3 Å². The predicted octanol–water partition coefficient (Wildman–Crippen LogP) is 1.94. The molecule has 0 aliphatic carbocycles. The second-order valence-electron chi connectivity index (χ2n) is 1.52. The smallest absolute Gasteiger partial charge is 0.119 e. The average Bonchev–Trinajstić information content (AvgIpc) is 1.64. The number of aromatic hydroxyl groups is 2. The first-order chi connectivity index (χ1) is 3.79. The number of hydrogen-bond acceptors (Lipinski definition) is 2. The van der Waals surface area contributed by atoms with Crippen LogP contribution in [0, 0.1) is 0 Å². The molecular formula is C6H8Cl2O2. The van der Waals surface area contributed by atoms with Gasteiger partial charge in [-0.15, -0.1) is 24.8 Å². The molecular weight excluding hydrogens is 175 g/mol. The Morgan fingerprint density at radius 3 is 1.50 bits per heavy atom. The molecule has 0 aliphatic rings. The monoisotopic (exact) mass is 182 g/mol. The summed E-state index contributed by atoms with van der Waals surface area (Å²) in [6.07, 6.45) is 0.